The van der Waals surface area contributed by atoms with Gasteiger partial charge in [-0.2, -0.15) is 0 Å². The third-order valence-electron chi connectivity index (χ3n) is 3.67. The van der Waals surface area contributed by atoms with E-state index in [4.69, 9.17) is 5.73 Å². The molecule has 0 radical (unpaired) electrons. The average Bonchev–Trinajstić information content (AvgIpc) is 3.21. The molecule has 1 atom stereocenters. The molecule has 0 saturated heterocycles. The van der Waals surface area contributed by atoms with Gasteiger partial charge in [-0.3, -0.25) is 0 Å². The van der Waals surface area contributed by atoms with Crippen LogP contribution in [0.2, 0.25) is 0 Å². The Kier molecular flexibility index (Phi) is 4.60. The lowest BCUT2D eigenvalue weighted by molar-refractivity contribution is 0.491. The molecule has 0 amide bonds. The zero-order chi connectivity index (χ0) is 13.9. The van der Waals surface area contributed by atoms with Crippen LogP contribution in [-0.2, 0) is 22.3 Å². The van der Waals surface area contributed by atoms with E-state index in [-0.39, 0.29) is 5.75 Å². The lowest BCUT2D eigenvalue weighted by atomic mass is 10.1. The summed E-state index contributed by atoms with van der Waals surface area (Å²) in [6, 6.07) is 7.40. The highest BCUT2D eigenvalue weighted by Crippen LogP contribution is 2.36. The van der Waals surface area contributed by atoms with E-state index < -0.39 is 10.0 Å². The molecule has 19 heavy (non-hydrogen) atoms. The first-order valence-corrected chi connectivity index (χ1v) is 8.40. The molecule has 2 rings (SSSR count). The predicted molar refractivity (Wildman–Crippen MR) is 76.8 cm³/mol. The monoisotopic (exact) mass is 282 g/mol. The van der Waals surface area contributed by atoms with Gasteiger partial charge in [0.1, 0.15) is 0 Å². The molecule has 4 nitrogen and oxygen atoms in total. The minimum atomic E-state index is -3.24. The van der Waals surface area contributed by atoms with E-state index in [2.05, 4.69) is 11.6 Å². The second-order valence-electron chi connectivity index (χ2n) is 5.44. The maximum absolute atomic E-state index is 12.0. The molecule has 0 aromatic heterocycles. The molecule has 0 bridgehead atoms. The maximum Gasteiger partial charge on any atom is 0.215 e. The van der Waals surface area contributed by atoms with Crippen molar-refractivity contribution in [1.29, 1.82) is 0 Å². The first-order chi connectivity index (χ1) is 9.00. The maximum atomic E-state index is 12.0. The Labute approximate surface area is 115 Å². The molecule has 0 heterocycles. The number of nitrogens with two attached hydrogens (primary N) is 1. The Bertz CT molecular complexity index is 507. The Morgan fingerprint density at radius 3 is 2.37 bits per heavy atom. The highest BCUT2D eigenvalue weighted by molar-refractivity contribution is 7.88. The molecule has 0 spiro atoms. The smallest absolute Gasteiger partial charge is 0.215 e. The first-order valence-electron chi connectivity index (χ1n) is 6.75. The molecule has 3 N–H and O–H groups in total. The normalized spacial score (nSPS) is 17.4. The van der Waals surface area contributed by atoms with Gasteiger partial charge in [0.15, 0.2) is 0 Å². The fraction of sp³-hybridized carbons (Fsp3) is 0.571. The van der Waals surface area contributed by atoms with Crippen molar-refractivity contribution in [3.05, 3.63) is 35.4 Å². The fourth-order valence-corrected chi connectivity index (χ4v) is 3.38. The van der Waals surface area contributed by atoms with Gasteiger partial charge in [-0.1, -0.05) is 31.2 Å². The Hall–Kier alpha value is -0.910. The van der Waals surface area contributed by atoms with E-state index in [0.29, 0.717) is 24.9 Å². The third-order valence-corrected chi connectivity index (χ3v) is 4.99. The Morgan fingerprint density at radius 1 is 1.26 bits per heavy atom. The molecular formula is C14H22N2O2S. The summed E-state index contributed by atoms with van der Waals surface area (Å²) in [6.07, 6.45) is 2.48. The molecule has 1 saturated carbocycles. The summed E-state index contributed by atoms with van der Waals surface area (Å²) in [5.41, 5.74) is 7.32. The fourth-order valence-electron chi connectivity index (χ4n) is 2.13. The summed E-state index contributed by atoms with van der Waals surface area (Å²) in [4.78, 5) is 0. The van der Waals surface area contributed by atoms with Crippen molar-refractivity contribution in [2.75, 3.05) is 6.54 Å². The van der Waals surface area contributed by atoms with E-state index in [1.165, 1.54) is 12.8 Å². The van der Waals surface area contributed by atoms with Crippen LogP contribution in [0.4, 0.5) is 0 Å². The highest BCUT2D eigenvalue weighted by Gasteiger charge is 2.28. The predicted octanol–water partition coefficient (Wildman–Crippen LogP) is 1.61. The number of nitrogens with one attached hydrogen (secondary N) is 1. The van der Waals surface area contributed by atoms with Crippen LogP contribution >= 0.6 is 0 Å². The number of rotatable bonds is 7. The van der Waals surface area contributed by atoms with Gasteiger partial charge in [0.2, 0.25) is 10.0 Å². The van der Waals surface area contributed by atoms with Crippen molar-refractivity contribution in [3.8, 4) is 0 Å². The van der Waals surface area contributed by atoms with E-state index in [0.717, 1.165) is 11.1 Å². The van der Waals surface area contributed by atoms with E-state index >= 15 is 0 Å². The van der Waals surface area contributed by atoms with Gasteiger partial charge in [0, 0.05) is 13.1 Å². The standard InChI is InChI=1S/C14H22N2O2S/c1-11(14-6-7-14)9-16-19(17,18)10-13-4-2-12(8-15)3-5-13/h2-5,11,14,16H,6-10,15H2,1H3. The molecule has 1 aliphatic rings. The molecule has 0 aliphatic heterocycles. The molecule has 1 unspecified atom stereocenters. The topological polar surface area (TPSA) is 72.2 Å². The van der Waals surface area contributed by atoms with Crippen LogP contribution in [0.15, 0.2) is 24.3 Å². The van der Waals surface area contributed by atoms with E-state index in [1.54, 1.807) is 0 Å². The van der Waals surface area contributed by atoms with Gasteiger partial charge >= 0.3 is 0 Å². The van der Waals surface area contributed by atoms with Gasteiger partial charge in [-0.25, -0.2) is 13.1 Å². The summed E-state index contributed by atoms with van der Waals surface area (Å²) in [7, 11) is -3.24. The summed E-state index contributed by atoms with van der Waals surface area (Å²) in [5, 5.41) is 0. The zero-order valence-electron chi connectivity index (χ0n) is 11.3. The second-order valence-corrected chi connectivity index (χ2v) is 7.25. The number of hydrogen-bond donors (Lipinski definition) is 2. The van der Waals surface area contributed by atoms with Gasteiger partial charge in [0.05, 0.1) is 5.75 Å². The second kappa shape index (κ2) is 6.03. The molecule has 106 valence electrons. The van der Waals surface area contributed by atoms with Crippen LogP contribution in [0.3, 0.4) is 0 Å². The van der Waals surface area contributed by atoms with Crippen molar-refractivity contribution in [1.82, 2.24) is 4.72 Å². The van der Waals surface area contributed by atoms with Crippen LogP contribution in [0.5, 0.6) is 0 Å². The molecule has 1 aliphatic carbocycles. The van der Waals surface area contributed by atoms with Crippen molar-refractivity contribution < 1.29 is 8.42 Å². The van der Waals surface area contributed by atoms with Crippen LogP contribution in [0.25, 0.3) is 0 Å². The highest BCUT2D eigenvalue weighted by atomic mass is 32.2. The van der Waals surface area contributed by atoms with Crippen LogP contribution < -0.4 is 10.5 Å². The molecular weight excluding hydrogens is 260 g/mol. The SMILES string of the molecule is CC(CNS(=O)(=O)Cc1ccc(CN)cc1)C1CC1. The van der Waals surface area contributed by atoms with Gasteiger partial charge in [0.25, 0.3) is 0 Å². The summed E-state index contributed by atoms with van der Waals surface area (Å²) < 4.78 is 26.6. The largest absolute Gasteiger partial charge is 0.326 e. The zero-order valence-corrected chi connectivity index (χ0v) is 12.1. The van der Waals surface area contributed by atoms with Crippen LogP contribution in [0, 0.1) is 11.8 Å². The Morgan fingerprint density at radius 2 is 1.84 bits per heavy atom. The first kappa shape index (κ1) is 14.5. The van der Waals surface area contributed by atoms with Crippen LogP contribution in [-0.4, -0.2) is 15.0 Å². The van der Waals surface area contributed by atoms with Crippen molar-refractivity contribution in [3.63, 3.8) is 0 Å². The lowest BCUT2D eigenvalue weighted by Gasteiger charge is -2.12. The Balaban J connectivity index is 1.88. The molecule has 5 heteroatoms. The minimum Gasteiger partial charge on any atom is -0.326 e. The van der Waals surface area contributed by atoms with Crippen molar-refractivity contribution >= 4 is 10.0 Å². The van der Waals surface area contributed by atoms with E-state index in [9.17, 15) is 8.42 Å². The number of sulfonamides is 1. The van der Waals surface area contributed by atoms with Gasteiger partial charge < -0.3 is 5.73 Å². The average molecular weight is 282 g/mol. The van der Waals surface area contributed by atoms with Gasteiger partial charge in [-0.05, 0) is 35.8 Å². The summed E-state index contributed by atoms with van der Waals surface area (Å²) in [6.45, 7) is 3.13. The molecule has 1 aromatic rings. The van der Waals surface area contributed by atoms with Crippen molar-refractivity contribution in [2.45, 2.75) is 32.1 Å². The number of benzene rings is 1. The van der Waals surface area contributed by atoms with E-state index in [1.807, 2.05) is 24.3 Å². The molecule has 1 aromatic carbocycles. The summed E-state index contributed by atoms with van der Waals surface area (Å²) in [5.74, 6) is 1.19. The van der Waals surface area contributed by atoms with Gasteiger partial charge in [-0.15, -0.1) is 0 Å². The number of hydrogen-bond acceptors (Lipinski definition) is 3. The third kappa shape index (κ3) is 4.60. The lowest BCUT2D eigenvalue weighted by Crippen LogP contribution is -2.30. The quantitative estimate of drug-likeness (QED) is 0.798. The summed E-state index contributed by atoms with van der Waals surface area (Å²) >= 11 is 0. The minimum absolute atomic E-state index is 0.0369. The van der Waals surface area contributed by atoms with Crippen molar-refractivity contribution in [2.24, 2.45) is 17.6 Å². The molecule has 1 fully saturated rings. The van der Waals surface area contributed by atoms with Crippen LogP contribution in [0.1, 0.15) is 30.9 Å².